The third-order valence-electron chi connectivity index (χ3n) is 4.52. The molecular formula is C21H14N8Pt. The summed E-state index contributed by atoms with van der Waals surface area (Å²) < 4.78 is 3.19. The van der Waals surface area contributed by atoms with E-state index in [4.69, 9.17) is 21.8 Å². The quantitative estimate of drug-likeness (QED) is 0.350. The molecule has 0 saturated heterocycles. The van der Waals surface area contributed by atoms with E-state index in [1.54, 1.807) is 21.5 Å². The van der Waals surface area contributed by atoms with Crippen LogP contribution in [0, 0.1) is 30.6 Å². The molecule has 0 bridgehead atoms. The molecule has 4 aromatic heterocycles. The van der Waals surface area contributed by atoms with E-state index in [-0.39, 0.29) is 32.6 Å². The summed E-state index contributed by atoms with van der Waals surface area (Å²) in [7, 11) is 0. The molecule has 148 valence electrons. The monoisotopic (exact) mass is 573 g/mol. The summed E-state index contributed by atoms with van der Waals surface area (Å²) in [4.78, 5) is 20.6. The van der Waals surface area contributed by atoms with Gasteiger partial charge < -0.3 is 19.0 Å². The van der Waals surface area contributed by atoms with Crippen LogP contribution in [0.2, 0.25) is 0 Å². The summed E-state index contributed by atoms with van der Waals surface area (Å²) in [5, 5.41) is 8.97. The number of hydrogen-bond acceptors (Lipinski definition) is 5. The molecule has 4 heterocycles. The van der Waals surface area contributed by atoms with Crippen molar-refractivity contribution in [1.29, 1.82) is 5.26 Å². The Morgan fingerprint density at radius 1 is 0.967 bits per heavy atom. The van der Waals surface area contributed by atoms with Gasteiger partial charge in [0, 0.05) is 28.8 Å². The second-order valence-electron chi connectivity index (χ2n) is 6.78. The third kappa shape index (κ3) is 3.91. The first-order valence-corrected chi connectivity index (χ1v) is 8.69. The van der Waals surface area contributed by atoms with Crippen LogP contribution in [-0.4, -0.2) is 29.1 Å². The van der Waals surface area contributed by atoms with E-state index in [9.17, 15) is 0 Å². The van der Waals surface area contributed by atoms with Crippen LogP contribution in [0.5, 0.6) is 0 Å². The second-order valence-corrected chi connectivity index (χ2v) is 6.78. The van der Waals surface area contributed by atoms with E-state index < -0.39 is 5.41 Å². The zero-order valence-electron chi connectivity index (χ0n) is 16.0. The molecule has 4 rings (SSSR count). The topological polar surface area (TPSA) is 89.6 Å². The molecule has 0 aromatic carbocycles. The number of nitriles is 1. The van der Waals surface area contributed by atoms with Gasteiger partial charge in [0.2, 0.25) is 0 Å². The van der Waals surface area contributed by atoms with Gasteiger partial charge in [0.25, 0.3) is 0 Å². The van der Waals surface area contributed by atoms with E-state index in [2.05, 4.69) is 27.5 Å². The molecule has 0 unspecified atom stereocenters. The Morgan fingerprint density at radius 2 is 1.53 bits per heavy atom. The predicted molar refractivity (Wildman–Crippen MR) is 103 cm³/mol. The van der Waals surface area contributed by atoms with Gasteiger partial charge in [0.05, 0.1) is 17.7 Å². The zero-order valence-corrected chi connectivity index (χ0v) is 18.3. The normalized spacial score (nSPS) is 10.7. The number of hydrogen-bond donors (Lipinski definition) is 0. The third-order valence-corrected chi connectivity index (χ3v) is 4.52. The summed E-state index contributed by atoms with van der Waals surface area (Å²) in [6.07, 6.45) is 8.70. The van der Waals surface area contributed by atoms with Gasteiger partial charge in [-0.1, -0.05) is 37.0 Å². The minimum atomic E-state index is -0.506. The maximum Gasteiger partial charge on any atom is 2.00 e. The largest absolute Gasteiger partial charge is 2.00 e. The number of imidazole rings is 2. The van der Waals surface area contributed by atoms with Crippen LogP contribution in [0.1, 0.15) is 30.9 Å². The summed E-state index contributed by atoms with van der Waals surface area (Å²) >= 11 is 0. The van der Waals surface area contributed by atoms with Crippen LogP contribution >= 0.6 is 0 Å². The van der Waals surface area contributed by atoms with Gasteiger partial charge >= 0.3 is 26.9 Å². The van der Waals surface area contributed by atoms with Crippen molar-refractivity contribution in [3.8, 4) is 17.7 Å². The minimum Gasteiger partial charge on any atom is -0.417 e. The van der Waals surface area contributed by atoms with Crippen molar-refractivity contribution >= 4 is 5.82 Å². The molecule has 30 heavy (non-hydrogen) atoms. The van der Waals surface area contributed by atoms with E-state index in [1.165, 1.54) is 0 Å². The van der Waals surface area contributed by atoms with E-state index in [1.807, 2.05) is 56.3 Å². The van der Waals surface area contributed by atoms with Crippen LogP contribution < -0.4 is 0 Å². The van der Waals surface area contributed by atoms with Crippen molar-refractivity contribution < 1.29 is 21.1 Å². The Balaban J connectivity index is 0.00000256. The van der Waals surface area contributed by atoms with Crippen LogP contribution in [0.3, 0.4) is 0 Å². The van der Waals surface area contributed by atoms with Crippen molar-refractivity contribution in [2.45, 2.75) is 19.3 Å². The Bertz CT molecular complexity index is 1170. The van der Waals surface area contributed by atoms with Gasteiger partial charge in [-0.2, -0.15) is 0 Å². The van der Waals surface area contributed by atoms with Crippen LogP contribution in [0.25, 0.3) is 16.5 Å². The van der Waals surface area contributed by atoms with Crippen molar-refractivity contribution in [3.05, 3.63) is 89.9 Å². The maximum absolute atomic E-state index is 8.97. The molecule has 0 radical (unpaired) electrons. The fourth-order valence-electron chi connectivity index (χ4n) is 2.85. The second kappa shape index (κ2) is 8.40. The van der Waals surface area contributed by atoms with Crippen LogP contribution in [0.4, 0.5) is 5.82 Å². The molecule has 9 heteroatoms. The molecule has 0 aliphatic rings. The molecule has 4 aromatic rings. The fourth-order valence-corrected chi connectivity index (χ4v) is 2.85. The van der Waals surface area contributed by atoms with Crippen molar-refractivity contribution in [3.63, 3.8) is 0 Å². The van der Waals surface area contributed by atoms with Gasteiger partial charge in [-0.15, -0.1) is 4.98 Å². The average molecular weight is 573 g/mol. The zero-order chi connectivity index (χ0) is 20.4. The minimum absolute atomic E-state index is 0. The Labute approximate surface area is 188 Å². The van der Waals surface area contributed by atoms with E-state index in [0.717, 1.165) is 11.4 Å². The first-order valence-electron chi connectivity index (χ1n) is 8.69. The van der Waals surface area contributed by atoms with Gasteiger partial charge in [0.15, 0.2) is 6.33 Å². The van der Waals surface area contributed by atoms with Crippen LogP contribution in [-0.2, 0) is 26.5 Å². The van der Waals surface area contributed by atoms with E-state index in [0.29, 0.717) is 11.6 Å². The molecule has 0 amide bonds. The fraction of sp³-hybridized carbons (Fsp3) is 0.143. The van der Waals surface area contributed by atoms with E-state index >= 15 is 0 Å². The maximum atomic E-state index is 8.97. The predicted octanol–water partition coefficient (Wildman–Crippen LogP) is 3.19. The SMILES string of the molecule is [C-]#[N+]c1cn(-c2cccc(C(C)(C)c3cccc(-n4[c-]nc(C#N)c4)n3)n2)[c-]n1.[Pt+2]. The first kappa shape index (κ1) is 21.1. The number of rotatable bonds is 4. The Hall–Kier alpha value is -3.61. The smallest absolute Gasteiger partial charge is 0.417 e. The standard InChI is InChI=1S/C21H14N8.Pt/c1-21(2,16-6-4-8-19(26-16)28-11-15(10-22)24-13-28)17-7-5-9-20(27-17)29-12-18(23-3)25-14-29;/h4-9,11-12H,1-2H3;/q-2;+2. The van der Waals surface area contributed by atoms with Crippen molar-refractivity contribution in [2.24, 2.45) is 0 Å². The molecule has 0 N–H and O–H groups in total. The number of aromatic nitrogens is 6. The molecular weight excluding hydrogens is 559 g/mol. The molecule has 0 fully saturated rings. The van der Waals surface area contributed by atoms with Crippen molar-refractivity contribution in [1.82, 2.24) is 29.1 Å². The molecule has 0 aliphatic carbocycles. The van der Waals surface area contributed by atoms with Gasteiger partial charge in [0.1, 0.15) is 0 Å². The molecule has 8 nitrogen and oxygen atoms in total. The van der Waals surface area contributed by atoms with Gasteiger partial charge in [-0.3, -0.25) is 9.97 Å². The average Bonchev–Trinajstić information content (AvgIpc) is 3.43. The van der Waals surface area contributed by atoms with Gasteiger partial charge in [-0.25, -0.2) is 5.26 Å². The Morgan fingerprint density at radius 3 is 2.03 bits per heavy atom. The molecule has 0 aliphatic heterocycles. The summed E-state index contributed by atoms with van der Waals surface area (Å²) in [5.74, 6) is 1.50. The molecule has 0 atom stereocenters. The summed E-state index contributed by atoms with van der Waals surface area (Å²) in [5.41, 5.74) is 1.38. The van der Waals surface area contributed by atoms with Crippen molar-refractivity contribution in [2.75, 3.05) is 0 Å². The number of nitrogens with zero attached hydrogens (tertiary/aromatic N) is 8. The Kier molecular flexibility index (Phi) is 5.91. The summed E-state index contributed by atoms with van der Waals surface area (Å²) in [6, 6.07) is 13.3. The molecule has 0 spiro atoms. The first-order chi connectivity index (χ1) is 14.0. The van der Waals surface area contributed by atoms with Crippen LogP contribution in [0.15, 0.2) is 48.8 Å². The number of pyridine rings is 2. The molecule has 0 saturated carbocycles. The summed E-state index contributed by atoms with van der Waals surface area (Å²) in [6.45, 7) is 11.1. The van der Waals surface area contributed by atoms with Gasteiger partial charge in [-0.05, 0) is 32.2 Å².